The van der Waals surface area contributed by atoms with Gasteiger partial charge in [-0.1, -0.05) is 13.8 Å². The zero-order valence-electron chi connectivity index (χ0n) is 9.27. The summed E-state index contributed by atoms with van der Waals surface area (Å²) in [6, 6.07) is 0. The van der Waals surface area contributed by atoms with Crippen LogP contribution >= 0.6 is 11.3 Å². The summed E-state index contributed by atoms with van der Waals surface area (Å²) in [5.41, 5.74) is 2.24. The molecule has 0 aliphatic carbocycles. The van der Waals surface area contributed by atoms with Crippen LogP contribution in [0.5, 0.6) is 0 Å². The summed E-state index contributed by atoms with van der Waals surface area (Å²) < 4.78 is 2.09. The first kappa shape index (κ1) is 10.4. The Bertz CT molecular complexity index is 442. The molecule has 0 fully saturated rings. The standard InChI is InChI=1S/C11H15N3S/c1-8(2)10-4-14(7-12-10)5-11-13-9(3)6-15-11/h4,6-8H,5H2,1-3H3. The minimum Gasteiger partial charge on any atom is -0.330 e. The number of nitrogens with zero attached hydrogens (tertiary/aromatic N) is 3. The first-order valence-electron chi connectivity index (χ1n) is 5.08. The van der Waals surface area contributed by atoms with Crippen molar-refractivity contribution in [2.45, 2.75) is 33.2 Å². The van der Waals surface area contributed by atoms with E-state index in [-0.39, 0.29) is 0 Å². The van der Waals surface area contributed by atoms with Crippen LogP contribution < -0.4 is 0 Å². The summed E-state index contributed by atoms with van der Waals surface area (Å²) in [5.74, 6) is 0.490. The van der Waals surface area contributed by atoms with Crippen molar-refractivity contribution in [1.29, 1.82) is 0 Å². The van der Waals surface area contributed by atoms with Crippen LogP contribution in [0.15, 0.2) is 17.9 Å². The number of rotatable bonds is 3. The molecule has 0 aliphatic rings. The molecule has 0 N–H and O–H groups in total. The van der Waals surface area contributed by atoms with E-state index in [0.717, 1.165) is 22.9 Å². The molecule has 0 aliphatic heterocycles. The van der Waals surface area contributed by atoms with Crippen LogP contribution in [-0.2, 0) is 6.54 Å². The highest BCUT2D eigenvalue weighted by Gasteiger charge is 2.04. The van der Waals surface area contributed by atoms with Gasteiger partial charge in [-0.25, -0.2) is 9.97 Å². The van der Waals surface area contributed by atoms with E-state index < -0.39 is 0 Å². The Morgan fingerprint density at radius 3 is 2.80 bits per heavy atom. The summed E-state index contributed by atoms with van der Waals surface area (Å²) in [4.78, 5) is 8.79. The van der Waals surface area contributed by atoms with Crippen LogP contribution in [-0.4, -0.2) is 14.5 Å². The molecule has 3 nitrogen and oxygen atoms in total. The number of hydrogen-bond acceptors (Lipinski definition) is 3. The van der Waals surface area contributed by atoms with E-state index >= 15 is 0 Å². The molecular formula is C11H15N3S. The summed E-state index contributed by atoms with van der Waals surface area (Å²) >= 11 is 1.70. The molecule has 0 aromatic carbocycles. The maximum absolute atomic E-state index is 4.43. The first-order chi connectivity index (χ1) is 7.15. The van der Waals surface area contributed by atoms with Gasteiger partial charge in [-0.05, 0) is 12.8 Å². The van der Waals surface area contributed by atoms with Crippen LogP contribution in [0, 0.1) is 6.92 Å². The lowest BCUT2D eigenvalue weighted by atomic mass is 10.2. The van der Waals surface area contributed by atoms with Crippen molar-refractivity contribution in [3.63, 3.8) is 0 Å². The molecule has 2 aromatic rings. The van der Waals surface area contributed by atoms with Crippen LogP contribution in [0.2, 0.25) is 0 Å². The highest BCUT2D eigenvalue weighted by atomic mass is 32.1. The molecular weight excluding hydrogens is 206 g/mol. The highest BCUT2D eigenvalue weighted by Crippen LogP contribution is 2.14. The van der Waals surface area contributed by atoms with Crippen molar-refractivity contribution in [1.82, 2.24) is 14.5 Å². The van der Waals surface area contributed by atoms with Gasteiger partial charge in [0, 0.05) is 17.3 Å². The second-order valence-corrected chi connectivity index (χ2v) is 4.95. The van der Waals surface area contributed by atoms with Crippen LogP contribution in [0.25, 0.3) is 0 Å². The minimum absolute atomic E-state index is 0.490. The van der Waals surface area contributed by atoms with E-state index in [1.165, 1.54) is 0 Å². The Morgan fingerprint density at radius 2 is 2.27 bits per heavy atom. The fourth-order valence-corrected chi connectivity index (χ4v) is 2.17. The van der Waals surface area contributed by atoms with E-state index in [1.807, 2.05) is 13.3 Å². The van der Waals surface area contributed by atoms with Crippen molar-refractivity contribution in [3.8, 4) is 0 Å². The average molecular weight is 221 g/mol. The predicted octanol–water partition coefficient (Wildman–Crippen LogP) is 2.82. The van der Waals surface area contributed by atoms with Crippen molar-refractivity contribution >= 4 is 11.3 Å². The number of thiazole rings is 1. The second-order valence-electron chi connectivity index (χ2n) is 4.01. The number of imidazole rings is 1. The summed E-state index contributed by atoms with van der Waals surface area (Å²) in [7, 11) is 0. The minimum atomic E-state index is 0.490. The summed E-state index contributed by atoms with van der Waals surface area (Å²) in [6.45, 7) is 7.16. The summed E-state index contributed by atoms with van der Waals surface area (Å²) in [5, 5.41) is 3.22. The van der Waals surface area contributed by atoms with Crippen molar-refractivity contribution in [2.75, 3.05) is 0 Å². The normalized spacial score (nSPS) is 11.2. The lowest BCUT2D eigenvalue weighted by molar-refractivity contribution is 0.781. The first-order valence-corrected chi connectivity index (χ1v) is 5.96. The Labute approximate surface area is 93.8 Å². The molecule has 2 aromatic heterocycles. The average Bonchev–Trinajstić information content (AvgIpc) is 2.76. The summed E-state index contributed by atoms with van der Waals surface area (Å²) in [6.07, 6.45) is 3.98. The number of hydrogen-bond donors (Lipinski definition) is 0. The van der Waals surface area contributed by atoms with Gasteiger partial charge in [-0.3, -0.25) is 0 Å². The Kier molecular flexibility index (Phi) is 2.86. The SMILES string of the molecule is Cc1csc(Cn2cnc(C(C)C)c2)n1. The van der Waals surface area contributed by atoms with E-state index in [4.69, 9.17) is 0 Å². The lowest BCUT2D eigenvalue weighted by Crippen LogP contribution is -1.95. The topological polar surface area (TPSA) is 30.7 Å². The number of aromatic nitrogens is 3. The van der Waals surface area contributed by atoms with Gasteiger partial charge in [0.05, 0.1) is 18.6 Å². The van der Waals surface area contributed by atoms with Crippen LogP contribution in [0.3, 0.4) is 0 Å². The van der Waals surface area contributed by atoms with E-state index in [0.29, 0.717) is 5.92 Å². The fourth-order valence-electron chi connectivity index (χ4n) is 1.39. The molecule has 2 rings (SSSR count). The molecule has 0 radical (unpaired) electrons. The van der Waals surface area contributed by atoms with Crippen LogP contribution in [0.4, 0.5) is 0 Å². The van der Waals surface area contributed by atoms with Gasteiger partial charge in [0.15, 0.2) is 0 Å². The van der Waals surface area contributed by atoms with Gasteiger partial charge in [-0.2, -0.15) is 0 Å². The molecule has 0 atom stereocenters. The third kappa shape index (κ3) is 2.45. The van der Waals surface area contributed by atoms with Crippen molar-refractivity contribution in [3.05, 3.63) is 34.3 Å². The van der Waals surface area contributed by atoms with Gasteiger partial charge in [-0.15, -0.1) is 11.3 Å². The second kappa shape index (κ2) is 4.14. The predicted molar refractivity (Wildman–Crippen MR) is 62.3 cm³/mol. The maximum Gasteiger partial charge on any atom is 0.113 e. The van der Waals surface area contributed by atoms with Crippen molar-refractivity contribution < 1.29 is 0 Å². The Hall–Kier alpha value is -1.16. The number of aryl methyl sites for hydroxylation is 1. The Morgan fingerprint density at radius 1 is 1.47 bits per heavy atom. The van der Waals surface area contributed by atoms with Gasteiger partial charge >= 0.3 is 0 Å². The molecule has 0 unspecified atom stereocenters. The van der Waals surface area contributed by atoms with E-state index in [9.17, 15) is 0 Å². The zero-order chi connectivity index (χ0) is 10.8. The third-order valence-corrected chi connectivity index (χ3v) is 3.18. The van der Waals surface area contributed by atoms with E-state index in [2.05, 4.69) is 40.0 Å². The molecule has 2 heterocycles. The quantitative estimate of drug-likeness (QED) is 0.798. The molecule has 0 saturated carbocycles. The largest absolute Gasteiger partial charge is 0.330 e. The third-order valence-electron chi connectivity index (χ3n) is 2.23. The van der Waals surface area contributed by atoms with Gasteiger partial charge in [0.2, 0.25) is 0 Å². The highest BCUT2D eigenvalue weighted by molar-refractivity contribution is 7.09. The van der Waals surface area contributed by atoms with Gasteiger partial charge in [0.1, 0.15) is 5.01 Å². The fraction of sp³-hybridized carbons (Fsp3) is 0.455. The molecule has 0 amide bonds. The van der Waals surface area contributed by atoms with Gasteiger partial charge in [0.25, 0.3) is 0 Å². The molecule has 4 heteroatoms. The Balaban J connectivity index is 2.11. The van der Waals surface area contributed by atoms with Gasteiger partial charge < -0.3 is 4.57 Å². The van der Waals surface area contributed by atoms with Crippen molar-refractivity contribution in [2.24, 2.45) is 0 Å². The maximum atomic E-state index is 4.43. The molecule has 15 heavy (non-hydrogen) atoms. The molecule has 0 bridgehead atoms. The molecule has 0 spiro atoms. The lowest BCUT2D eigenvalue weighted by Gasteiger charge is -1.98. The van der Waals surface area contributed by atoms with E-state index in [1.54, 1.807) is 11.3 Å². The molecule has 0 saturated heterocycles. The van der Waals surface area contributed by atoms with Crippen LogP contribution in [0.1, 0.15) is 36.2 Å². The smallest absolute Gasteiger partial charge is 0.113 e. The zero-order valence-corrected chi connectivity index (χ0v) is 10.1. The monoisotopic (exact) mass is 221 g/mol. The molecule has 80 valence electrons.